The summed E-state index contributed by atoms with van der Waals surface area (Å²) in [5, 5.41) is 3.80. The van der Waals surface area contributed by atoms with Crippen LogP contribution in [-0.4, -0.2) is 51.3 Å². The van der Waals surface area contributed by atoms with Gasteiger partial charge >= 0.3 is 0 Å². The summed E-state index contributed by atoms with van der Waals surface area (Å²) >= 11 is 0. The van der Waals surface area contributed by atoms with E-state index >= 15 is 0 Å². The van der Waals surface area contributed by atoms with Crippen LogP contribution in [0.1, 0.15) is 24.8 Å². The molecule has 0 aromatic heterocycles. The molecule has 1 saturated heterocycles. The van der Waals surface area contributed by atoms with Crippen LogP contribution in [0.25, 0.3) is 0 Å². The Morgan fingerprint density at radius 1 is 1.22 bits per heavy atom. The summed E-state index contributed by atoms with van der Waals surface area (Å²) in [7, 11) is 5.54. The third-order valence-electron chi connectivity index (χ3n) is 4.84. The van der Waals surface area contributed by atoms with Crippen LogP contribution in [0.2, 0.25) is 0 Å². The molecule has 0 radical (unpaired) electrons. The molecule has 1 aliphatic rings. The summed E-state index contributed by atoms with van der Waals surface area (Å²) in [4.78, 5) is 2.40. The molecule has 0 amide bonds. The monoisotopic (exact) mass is 318 g/mol. The van der Waals surface area contributed by atoms with Crippen molar-refractivity contribution < 1.29 is 9.47 Å². The molecular weight excluding hydrogens is 288 g/mol. The smallest absolute Gasteiger partial charge is 0.160 e. The minimum Gasteiger partial charge on any atom is -0.493 e. The van der Waals surface area contributed by atoms with Gasteiger partial charge in [-0.25, -0.2) is 0 Å². The maximum absolute atomic E-state index is 5.38. The number of methoxy groups -OCH3 is 2. The van der Waals surface area contributed by atoms with Gasteiger partial charge in [0.2, 0.25) is 0 Å². The van der Waals surface area contributed by atoms with Crippen LogP contribution in [0.4, 0.5) is 0 Å². The normalized spacial score (nSPS) is 17.7. The molecule has 4 heteroatoms. The largest absolute Gasteiger partial charge is 0.493 e. The third kappa shape index (κ3) is 4.72. The fourth-order valence-electron chi connectivity index (χ4n) is 3.28. The molecule has 2 rings (SSSR count). The Labute approximate surface area is 140 Å². The van der Waals surface area contributed by atoms with E-state index in [0.717, 1.165) is 44.0 Å². The highest BCUT2D eigenvalue weighted by molar-refractivity contribution is 5.42. The molecule has 1 N–H and O–H groups in total. The number of hydrogen-bond acceptors (Lipinski definition) is 4. The SMILES string of the molecule is C=CCC1(NCCc2ccc(OC)c(OC)c2)CCN(C)CC1. The van der Waals surface area contributed by atoms with Gasteiger partial charge < -0.3 is 19.7 Å². The first-order valence-corrected chi connectivity index (χ1v) is 8.38. The second-order valence-corrected chi connectivity index (χ2v) is 6.44. The van der Waals surface area contributed by atoms with Crippen molar-refractivity contribution in [3.8, 4) is 11.5 Å². The quantitative estimate of drug-likeness (QED) is 0.747. The highest BCUT2D eigenvalue weighted by Gasteiger charge is 2.31. The van der Waals surface area contributed by atoms with E-state index in [-0.39, 0.29) is 5.54 Å². The van der Waals surface area contributed by atoms with Crippen LogP contribution in [0.3, 0.4) is 0 Å². The molecule has 0 unspecified atom stereocenters. The number of hydrogen-bond donors (Lipinski definition) is 1. The van der Waals surface area contributed by atoms with Crippen LogP contribution < -0.4 is 14.8 Å². The number of ether oxygens (including phenoxy) is 2. The first kappa shape index (κ1) is 17.8. The fourth-order valence-corrected chi connectivity index (χ4v) is 3.28. The first-order chi connectivity index (χ1) is 11.1. The lowest BCUT2D eigenvalue weighted by Crippen LogP contribution is -2.52. The van der Waals surface area contributed by atoms with Crippen molar-refractivity contribution in [3.63, 3.8) is 0 Å². The maximum atomic E-state index is 5.38. The fraction of sp³-hybridized carbons (Fsp3) is 0.579. The third-order valence-corrected chi connectivity index (χ3v) is 4.84. The van der Waals surface area contributed by atoms with E-state index in [1.165, 1.54) is 18.4 Å². The van der Waals surface area contributed by atoms with Crippen molar-refractivity contribution in [3.05, 3.63) is 36.4 Å². The number of piperidine rings is 1. The Hall–Kier alpha value is -1.52. The van der Waals surface area contributed by atoms with E-state index in [4.69, 9.17) is 9.47 Å². The predicted molar refractivity (Wildman–Crippen MR) is 95.5 cm³/mol. The zero-order chi connectivity index (χ0) is 16.7. The van der Waals surface area contributed by atoms with Crippen LogP contribution in [-0.2, 0) is 6.42 Å². The number of nitrogens with one attached hydrogen (secondary N) is 1. The number of benzene rings is 1. The van der Waals surface area contributed by atoms with Gasteiger partial charge in [0.1, 0.15) is 0 Å². The average Bonchev–Trinajstić information content (AvgIpc) is 2.57. The maximum Gasteiger partial charge on any atom is 0.160 e. The highest BCUT2D eigenvalue weighted by atomic mass is 16.5. The van der Waals surface area contributed by atoms with Crippen molar-refractivity contribution in [2.24, 2.45) is 0 Å². The Kier molecular flexibility index (Phi) is 6.48. The molecule has 0 aliphatic carbocycles. The van der Waals surface area contributed by atoms with Crippen LogP contribution in [0, 0.1) is 0 Å². The van der Waals surface area contributed by atoms with Gasteiger partial charge in [0, 0.05) is 5.54 Å². The summed E-state index contributed by atoms with van der Waals surface area (Å²) in [6.45, 7) is 7.21. The van der Waals surface area contributed by atoms with Crippen molar-refractivity contribution >= 4 is 0 Å². The summed E-state index contributed by atoms with van der Waals surface area (Å²) in [5.41, 5.74) is 1.47. The van der Waals surface area contributed by atoms with Crippen molar-refractivity contribution in [2.75, 3.05) is 40.9 Å². The Balaban J connectivity index is 1.93. The van der Waals surface area contributed by atoms with Crippen molar-refractivity contribution in [1.82, 2.24) is 10.2 Å². The predicted octanol–water partition coefficient (Wildman–Crippen LogP) is 2.88. The Bertz CT molecular complexity index is 508. The van der Waals surface area contributed by atoms with Crippen LogP contribution in [0.15, 0.2) is 30.9 Å². The molecule has 1 heterocycles. The van der Waals surface area contributed by atoms with Gasteiger partial charge in [-0.1, -0.05) is 12.1 Å². The van der Waals surface area contributed by atoms with Gasteiger partial charge in [-0.05, 0) is 70.1 Å². The average molecular weight is 318 g/mol. The van der Waals surface area contributed by atoms with Gasteiger partial charge in [-0.3, -0.25) is 0 Å². The molecule has 0 spiro atoms. The number of likely N-dealkylation sites (tertiary alicyclic amines) is 1. The minimum absolute atomic E-state index is 0.213. The van der Waals surface area contributed by atoms with Crippen LogP contribution in [0.5, 0.6) is 11.5 Å². The molecule has 1 fully saturated rings. The first-order valence-electron chi connectivity index (χ1n) is 8.38. The lowest BCUT2D eigenvalue weighted by Gasteiger charge is -2.41. The van der Waals surface area contributed by atoms with Crippen LogP contribution >= 0.6 is 0 Å². The molecule has 4 nitrogen and oxygen atoms in total. The molecule has 1 aliphatic heterocycles. The lowest BCUT2D eigenvalue weighted by atomic mass is 9.84. The van der Waals surface area contributed by atoms with E-state index in [9.17, 15) is 0 Å². The summed E-state index contributed by atoms with van der Waals surface area (Å²) < 4.78 is 10.7. The molecule has 0 bridgehead atoms. The topological polar surface area (TPSA) is 33.7 Å². The lowest BCUT2D eigenvalue weighted by molar-refractivity contribution is 0.158. The van der Waals surface area contributed by atoms with Crippen molar-refractivity contribution in [1.29, 1.82) is 0 Å². The Morgan fingerprint density at radius 3 is 2.52 bits per heavy atom. The number of rotatable bonds is 8. The summed E-state index contributed by atoms with van der Waals surface area (Å²) in [6, 6.07) is 6.15. The second-order valence-electron chi connectivity index (χ2n) is 6.44. The Morgan fingerprint density at radius 2 is 1.91 bits per heavy atom. The van der Waals surface area contributed by atoms with E-state index in [1.54, 1.807) is 14.2 Å². The molecule has 1 aromatic rings. The van der Waals surface area contributed by atoms with E-state index in [2.05, 4.69) is 42.1 Å². The zero-order valence-corrected chi connectivity index (χ0v) is 14.7. The van der Waals surface area contributed by atoms with E-state index in [0.29, 0.717) is 0 Å². The van der Waals surface area contributed by atoms with Gasteiger partial charge in [-0.2, -0.15) is 0 Å². The summed E-state index contributed by atoms with van der Waals surface area (Å²) in [5.74, 6) is 1.58. The minimum atomic E-state index is 0.213. The molecule has 0 atom stereocenters. The van der Waals surface area contributed by atoms with Gasteiger partial charge in [0.25, 0.3) is 0 Å². The molecule has 23 heavy (non-hydrogen) atoms. The van der Waals surface area contributed by atoms with E-state index < -0.39 is 0 Å². The zero-order valence-electron chi connectivity index (χ0n) is 14.7. The van der Waals surface area contributed by atoms with Crippen molar-refractivity contribution in [2.45, 2.75) is 31.2 Å². The molecular formula is C19H30N2O2. The van der Waals surface area contributed by atoms with Gasteiger partial charge in [0.05, 0.1) is 14.2 Å². The highest BCUT2D eigenvalue weighted by Crippen LogP contribution is 2.28. The van der Waals surface area contributed by atoms with E-state index in [1.807, 2.05) is 6.07 Å². The molecule has 0 saturated carbocycles. The van der Waals surface area contributed by atoms with Gasteiger partial charge in [-0.15, -0.1) is 6.58 Å². The summed E-state index contributed by atoms with van der Waals surface area (Å²) in [6.07, 6.45) is 6.43. The molecule has 1 aromatic carbocycles. The molecule has 128 valence electrons. The number of nitrogens with zero attached hydrogens (tertiary/aromatic N) is 1. The second kappa shape index (κ2) is 8.37. The van der Waals surface area contributed by atoms with Gasteiger partial charge in [0.15, 0.2) is 11.5 Å². The standard InChI is InChI=1S/C19H30N2O2/c1-5-9-19(10-13-21(2)14-11-19)20-12-8-16-6-7-17(22-3)18(15-16)23-4/h5-7,15,20H,1,8-14H2,2-4H3.